The first-order chi connectivity index (χ1) is 20.5. The van der Waals surface area contributed by atoms with Crippen molar-refractivity contribution in [2.45, 2.75) is 129 Å². The number of hydrogen-bond donors (Lipinski definition) is 1. The van der Waals surface area contributed by atoms with Gasteiger partial charge in [0.1, 0.15) is 6.10 Å². The number of amides is 3. The zero-order chi connectivity index (χ0) is 30.3. The van der Waals surface area contributed by atoms with Gasteiger partial charge in [-0.05, 0) is 31.4 Å². The van der Waals surface area contributed by atoms with Crippen molar-refractivity contribution in [3.63, 3.8) is 0 Å². The Morgan fingerprint density at radius 3 is 2.24 bits per heavy atom. The Labute approximate surface area is 253 Å². The number of unbranched alkanes of at least 4 members (excludes halogenated alkanes) is 12. The summed E-state index contributed by atoms with van der Waals surface area (Å²) in [5, 5.41) is 2.84. The Morgan fingerprint density at radius 2 is 1.67 bits per heavy atom. The van der Waals surface area contributed by atoms with E-state index >= 15 is 0 Å². The standard InChI is InChI=1S/C33H55N3O6/c1-3-4-5-6-7-8-9-10-11-12-13-14-15-19-29(24-35-32(38)42-31-21-18-23-40-27-31)26-41-33(39)36(28(2)37)25-30-20-16-17-22-34-30/h16-17,20,22,29,31H,3-15,18-19,21,23-27H2,1-2H3,(H,35,38). The zero-order valence-corrected chi connectivity index (χ0v) is 26.2. The van der Waals surface area contributed by atoms with Gasteiger partial charge in [-0.3, -0.25) is 9.78 Å². The molecule has 1 aliphatic heterocycles. The molecule has 3 amide bonds. The van der Waals surface area contributed by atoms with Crippen LogP contribution in [-0.2, 0) is 25.5 Å². The second kappa shape index (κ2) is 22.9. The summed E-state index contributed by atoms with van der Waals surface area (Å²) in [7, 11) is 0. The van der Waals surface area contributed by atoms with Crippen LogP contribution in [0.15, 0.2) is 24.4 Å². The minimum Gasteiger partial charge on any atom is -0.449 e. The number of carbonyl (C=O) groups is 3. The summed E-state index contributed by atoms with van der Waals surface area (Å²) >= 11 is 0. The van der Waals surface area contributed by atoms with Crippen LogP contribution in [0.3, 0.4) is 0 Å². The number of carbonyl (C=O) groups excluding carboxylic acids is 3. The molecule has 238 valence electrons. The van der Waals surface area contributed by atoms with E-state index in [4.69, 9.17) is 14.2 Å². The third-order valence-electron chi connectivity index (χ3n) is 7.73. The van der Waals surface area contributed by atoms with Crippen molar-refractivity contribution in [3.05, 3.63) is 30.1 Å². The van der Waals surface area contributed by atoms with Crippen molar-refractivity contribution in [1.29, 1.82) is 0 Å². The molecule has 2 unspecified atom stereocenters. The first kappa shape index (κ1) is 35.5. The van der Waals surface area contributed by atoms with Crippen molar-refractivity contribution >= 4 is 18.1 Å². The number of hydrogen-bond acceptors (Lipinski definition) is 7. The SMILES string of the molecule is CCCCCCCCCCCCCCCC(CNC(=O)OC1CCCOC1)COC(=O)N(Cc1ccccn1)C(C)=O. The predicted octanol–water partition coefficient (Wildman–Crippen LogP) is 7.57. The van der Waals surface area contributed by atoms with Crippen LogP contribution in [0.1, 0.15) is 122 Å². The fourth-order valence-corrected chi connectivity index (χ4v) is 5.15. The summed E-state index contributed by atoms with van der Waals surface area (Å²) in [6.45, 7) is 5.20. The molecule has 9 nitrogen and oxygen atoms in total. The van der Waals surface area contributed by atoms with Gasteiger partial charge < -0.3 is 19.5 Å². The molecule has 42 heavy (non-hydrogen) atoms. The Morgan fingerprint density at radius 1 is 1.00 bits per heavy atom. The number of nitrogens with zero attached hydrogens (tertiary/aromatic N) is 2. The fourth-order valence-electron chi connectivity index (χ4n) is 5.15. The van der Waals surface area contributed by atoms with E-state index in [1.165, 1.54) is 77.6 Å². The molecule has 1 aliphatic rings. The third kappa shape index (κ3) is 16.7. The lowest BCUT2D eigenvalue weighted by Gasteiger charge is -2.24. The molecule has 1 saturated heterocycles. The van der Waals surface area contributed by atoms with E-state index < -0.39 is 18.1 Å². The fraction of sp³-hybridized carbons (Fsp3) is 0.758. The Kier molecular flexibility index (Phi) is 19.3. The predicted molar refractivity (Wildman–Crippen MR) is 164 cm³/mol. The topological polar surface area (TPSA) is 107 Å². The molecular weight excluding hydrogens is 534 g/mol. The highest BCUT2D eigenvalue weighted by atomic mass is 16.6. The molecule has 0 saturated carbocycles. The number of rotatable bonds is 21. The van der Waals surface area contributed by atoms with Crippen LogP contribution in [0, 0.1) is 5.92 Å². The maximum atomic E-state index is 12.8. The number of ether oxygens (including phenoxy) is 3. The molecule has 0 aromatic carbocycles. The first-order valence-corrected chi connectivity index (χ1v) is 16.4. The summed E-state index contributed by atoms with van der Waals surface area (Å²) in [5.41, 5.74) is 0.601. The van der Waals surface area contributed by atoms with E-state index in [0.29, 0.717) is 25.5 Å². The molecule has 2 atom stereocenters. The van der Waals surface area contributed by atoms with Crippen LogP contribution in [0.2, 0.25) is 0 Å². The molecule has 2 heterocycles. The van der Waals surface area contributed by atoms with Crippen LogP contribution >= 0.6 is 0 Å². The monoisotopic (exact) mass is 589 g/mol. The van der Waals surface area contributed by atoms with Gasteiger partial charge in [0, 0.05) is 32.2 Å². The van der Waals surface area contributed by atoms with Crippen molar-refractivity contribution in [1.82, 2.24) is 15.2 Å². The van der Waals surface area contributed by atoms with Crippen LogP contribution in [0.5, 0.6) is 0 Å². The van der Waals surface area contributed by atoms with Gasteiger partial charge in [0.25, 0.3) is 0 Å². The quantitative estimate of drug-likeness (QED) is 0.147. The summed E-state index contributed by atoms with van der Waals surface area (Å²) in [6.07, 6.45) is 19.3. The van der Waals surface area contributed by atoms with Gasteiger partial charge in [-0.1, -0.05) is 96.5 Å². The molecule has 0 aliphatic carbocycles. The Bertz CT molecular complexity index is 863. The normalized spacial score (nSPS) is 15.5. The summed E-state index contributed by atoms with van der Waals surface area (Å²) in [6, 6.07) is 5.34. The summed E-state index contributed by atoms with van der Waals surface area (Å²) in [4.78, 5) is 42.6. The number of aromatic nitrogens is 1. The highest BCUT2D eigenvalue weighted by molar-refractivity contribution is 5.90. The van der Waals surface area contributed by atoms with E-state index in [-0.39, 0.29) is 25.2 Å². The molecule has 2 rings (SSSR count). The van der Waals surface area contributed by atoms with Gasteiger partial charge in [0.2, 0.25) is 5.91 Å². The molecule has 1 fully saturated rings. The van der Waals surface area contributed by atoms with Crippen LogP contribution in [-0.4, -0.2) is 60.4 Å². The van der Waals surface area contributed by atoms with Gasteiger partial charge in [0.05, 0.1) is 25.5 Å². The second-order valence-corrected chi connectivity index (χ2v) is 11.5. The van der Waals surface area contributed by atoms with Crippen LogP contribution in [0.25, 0.3) is 0 Å². The van der Waals surface area contributed by atoms with Crippen molar-refractivity contribution in [2.24, 2.45) is 5.92 Å². The lowest BCUT2D eigenvalue weighted by Crippen LogP contribution is -2.39. The highest BCUT2D eigenvalue weighted by Crippen LogP contribution is 2.16. The van der Waals surface area contributed by atoms with E-state index in [1.807, 2.05) is 6.07 Å². The van der Waals surface area contributed by atoms with Gasteiger partial charge in [-0.25, -0.2) is 14.5 Å². The molecule has 0 radical (unpaired) electrons. The average molecular weight is 590 g/mol. The molecule has 1 aromatic rings. The van der Waals surface area contributed by atoms with Gasteiger partial charge in [-0.2, -0.15) is 0 Å². The smallest absolute Gasteiger partial charge is 0.416 e. The molecule has 9 heteroatoms. The summed E-state index contributed by atoms with van der Waals surface area (Å²) < 4.78 is 16.4. The number of nitrogens with one attached hydrogen (secondary N) is 1. The van der Waals surface area contributed by atoms with Crippen LogP contribution in [0.4, 0.5) is 9.59 Å². The maximum Gasteiger partial charge on any atom is 0.416 e. The molecule has 1 aromatic heterocycles. The lowest BCUT2D eigenvalue weighted by atomic mass is 10.00. The van der Waals surface area contributed by atoms with Gasteiger partial charge in [0.15, 0.2) is 0 Å². The van der Waals surface area contributed by atoms with Crippen molar-refractivity contribution in [3.8, 4) is 0 Å². The third-order valence-corrected chi connectivity index (χ3v) is 7.73. The maximum absolute atomic E-state index is 12.8. The first-order valence-electron chi connectivity index (χ1n) is 16.4. The van der Waals surface area contributed by atoms with E-state index in [0.717, 1.165) is 37.0 Å². The molecular formula is C33H55N3O6. The molecule has 1 N–H and O–H groups in total. The minimum atomic E-state index is -0.703. The Balaban J connectivity index is 1.73. The van der Waals surface area contributed by atoms with Crippen molar-refractivity contribution < 1.29 is 28.6 Å². The summed E-state index contributed by atoms with van der Waals surface area (Å²) in [5.74, 6) is -0.490. The number of imide groups is 1. The van der Waals surface area contributed by atoms with Crippen molar-refractivity contribution in [2.75, 3.05) is 26.4 Å². The second-order valence-electron chi connectivity index (χ2n) is 11.5. The largest absolute Gasteiger partial charge is 0.449 e. The zero-order valence-electron chi connectivity index (χ0n) is 26.2. The minimum absolute atomic E-state index is 0.0482. The molecule has 0 spiro atoms. The lowest BCUT2D eigenvalue weighted by molar-refractivity contribution is -0.127. The van der Waals surface area contributed by atoms with E-state index in [2.05, 4.69) is 17.2 Å². The Hall–Kier alpha value is -2.68. The van der Waals surface area contributed by atoms with Crippen LogP contribution < -0.4 is 5.32 Å². The van der Waals surface area contributed by atoms with E-state index in [1.54, 1.807) is 18.3 Å². The average Bonchev–Trinajstić information content (AvgIpc) is 3.00. The highest BCUT2D eigenvalue weighted by Gasteiger charge is 2.23. The molecule has 0 bridgehead atoms. The number of alkyl carbamates (subject to hydrolysis) is 1. The van der Waals surface area contributed by atoms with Gasteiger partial charge in [-0.15, -0.1) is 0 Å². The van der Waals surface area contributed by atoms with Gasteiger partial charge >= 0.3 is 12.2 Å². The van der Waals surface area contributed by atoms with E-state index in [9.17, 15) is 14.4 Å². The number of pyridine rings is 1.